The van der Waals surface area contributed by atoms with Gasteiger partial charge in [-0.25, -0.2) is 0 Å². The summed E-state index contributed by atoms with van der Waals surface area (Å²) < 4.78 is 5.32. The lowest BCUT2D eigenvalue weighted by atomic mass is 10.1. The van der Waals surface area contributed by atoms with Crippen molar-refractivity contribution in [2.75, 3.05) is 13.1 Å². The van der Waals surface area contributed by atoms with Gasteiger partial charge in [0.1, 0.15) is 0 Å². The number of aliphatic hydroxyl groups is 1. The maximum absolute atomic E-state index is 9.90. The number of aromatic nitrogens is 2. The standard InChI is InChI=1S/C16H23N3O2/c1-5-19(11-16(3,4)20)10-14-17-15(21-18-14)13-8-6-12(2)7-9-13/h6-9,20H,5,10-11H2,1-4H3. The van der Waals surface area contributed by atoms with E-state index in [1.165, 1.54) is 5.56 Å². The Morgan fingerprint density at radius 3 is 2.48 bits per heavy atom. The molecule has 0 bridgehead atoms. The van der Waals surface area contributed by atoms with Crippen molar-refractivity contribution in [1.29, 1.82) is 0 Å². The highest BCUT2D eigenvalue weighted by Gasteiger charge is 2.19. The summed E-state index contributed by atoms with van der Waals surface area (Å²) in [5.41, 5.74) is 1.38. The lowest BCUT2D eigenvalue weighted by Crippen LogP contribution is -2.38. The first-order chi connectivity index (χ1) is 9.87. The van der Waals surface area contributed by atoms with Crippen LogP contribution >= 0.6 is 0 Å². The van der Waals surface area contributed by atoms with Crippen LogP contribution in [0.15, 0.2) is 28.8 Å². The predicted octanol–water partition coefficient (Wildman–Crippen LogP) is 2.64. The zero-order chi connectivity index (χ0) is 15.5. The van der Waals surface area contributed by atoms with Crippen LogP contribution in [0, 0.1) is 6.92 Å². The van der Waals surface area contributed by atoms with Crippen molar-refractivity contribution in [3.8, 4) is 11.5 Å². The number of nitrogens with zero attached hydrogens (tertiary/aromatic N) is 3. The van der Waals surface area contributed by atoms with Gasteiger partial charge in [-0.2, -0.15) is 4.98 Å². The fourth-order valence-corrected chi connectivity index (χ4v) is 2.16. The molecule has 2 rings (SSSR count). The highest BCUT2D eigenvalue weighted by Crippen LogP contribution is 2.18. The van der Waals surface area contributed by atoms with Crippen molar-refractivity contribution in [3.63, 3.8) is 0 Å². The van der Waals surface area contributed by atoms with Crippen molar-refractivity contribution in [3.05, 3.63) is 35.7 Å². The number of benzene rings is 1. The molecule has 5 heteroatoms. The summed E-state index contributed by atoms with van der Waals surface area (Å²) in [6, 6.07) is 7.99. The van der Waals surface area contributed by atoms with E-state index in [0.29, 0.717) is 24.8 Å². The lowest BCUT2D eigenvalue weighted by Gasteiger charge is -2.26. The molecule has 0 amide bonds. The van der Waals surface area contributed by atoms with Crippen LogP contribution in [0.25, 0.3) is 11.5 Å². The third kappa shape index (κ3) is 4.65. The summed E-state index contributed by atoms with van der Waals surface area (Å²) in [6.45, 7) is 9.63. The SMILES string of the molecule is CCN(Cc1noc(-c2ccc(C)cc2)n1)CC(C)(C)O. The molecule has 0 fully saturated rings. The quantitative estimate of drug-likeness (QED) is 0.885. The molecule has 0 aliphatic rings. The van der Waals surface area contributed by atoms with Gasteiger partial charge in [0, 0.05) is 12.1 Å². The number of aryl methyl sites for hydroxylation is 1. The van der Waals surface area contributed by atoms with Gasteiger partial charge in [0.05, 0.1) is 12.1 Å². The van der Waals surface area contributed by atoms with Gasteiger partial charge < -0.3 is 9.63 Å². The summed E-state index contributed by atoms with van der Waals surface area (Å²) in [7, 11) is 0. The molecule has 21 heavy (non-hydrogen) atoms. The van der Waals surface area contributed by atoms with Gasteiger partial charge in [0.15, 0.2) is 5.82 Å². The molecule has 1 aromatic heterocycles. The van der Waals surface area contributed by atoms with Crippen LogP contribution in [-0.2, 0) is 6.54 Å². The average molecular weight is 289 g/mol. The van der Waals surface area contributed by atoms with Crippen LogP contribution in [0.3, 0.4) is 0 Å². The number of hydrogen-bond acceptors (Lipinski definition) is 5. The van der Waals surface area contributed by atoms with Gasteiger partial charge in [-0.05, 0) is 39.4 Å². The van der Waals surface area contributed by atoms with E-state index in [-0.39, 0.29) is 0 Å². The second-order valence-corrected chi connectivity index (χ2v) is 6.00. The molecule has 114 valence electrons. The van der Waals surface area contributed by atoms with Gasteiger partial charge in [-0.1, -0.05) is 29.8 Å². The zero-order valence-electron chi connectivity index (χ0n) is 13.1. The van der Waals surface area contributed by atoms with E-state index >= 15 is 0 Å². The average Bonchev–Trinajstić information content (AvgIpc) is 2.85. The molecule has 0 atom stereocenters. The highest BCUT2D eigenvalue weighted by atomic mass is 16.5. The molecule has 1 N–H and O–H groups in total. The van der Waals surface area contributed by atoms with Crippen LogP contribution in [0.4, 0.5) is 0 Å². The Morgan fingerprint density at radius 1 is 1.24 bits per heavy atom. The zero-order valence-corrected chi connectivity index (χ0v) is 13.1. The normalized spacial score (nSPS) is 12.1. The lowest BCUT2D eigenvalue weighted by molar-refractivity contribution is 0.0343. The van der Waals surface area contributed by atoms with E-state index in [0.717, 1.165) is 12.1 Å². The number of rotatable bonds is 6. The summed E-state index contributed by atoms with van der Waals surface area (Å²) in [5, 5.41) is 13.9. The van der Waals surface area contributed by atoms with Gasteiger partial charge in [0.2, 0.25) is 0 Å². The maximum Gasteiger partial charge on any atom is 0.257 e. The summed E-state index contributed by atoms with van der Waals surface area (Å²) in [5.74, 6) is 1.17. The largest absolute Gasteiger partial charge is 0.389 e. The molecule has 5 nitrogen and oxygen atoms in total. The van der Waals surface area contributed by atoms with Crippen LogP contribution in [0.5, 0.6) is 0 Å². The molecule has 0 radical (unpaired) electrons. The van der Waals surface area contributed by atoms with Crippen molar-refractivity contribution >= 4 is 0 Å². The Bertz CT molecular complexity index is 570. The first kappa shape index (κ1) is 15.7. The molecule has 1 heterocycles. The molecule has 0 aliphatic heterocycles. The van der Waals surface area contributed by atoms with Crippen molar-refractivity contribution in [1.82, 2.24) is 15.0 Å². The first-order valence-electron chi connectivity index (χ1n) is 7.22. The van der Waals surface area contributed by atoms with Crippen molar-refractivity contribution < 1.29 is 9.63 Å². The van der Waals surface area contributed by atoms with E-state index in [4.69, 9.17) is 4.52 Å². The van der Waals surface area contributed by atoms with E-state index < -0.39 is 5.60 Å². The predicted molar refractivity (Wildman–Crippen MR) is 81.7 cm³/mol. The molecule has 0 spiro atoms. The highest BCUT2D eigenvalue weighted by molar-refractivity contribution is 5.53. The third-order valence-corrected chi connectivity index (χ3v) is 3.19. The molecule has 1 aromatic carbocycles. The Morgan fingerprint density at radius 2 is 1.90 bits per heavy atom. The molecule has 0 saturated heterocycles. The summed E-state index contributed by atoms with van der Waals surface area (Å²) >= 11 is 0. The Kier molecular flexibility index (Phi) is 4.75. The molecule has 0 saturated carbocycles. The number of likely N-dealkylation sites (N-methyl/N-ethyl adjacent to an activating group) is 1. The molecular weight excluding hydrogens is 266 g/mol. The fraction of sp³-hybridized carbons (Fsp3) is 0.500. The van der Waals surface area contributed by atoms with Crippen LogP contribution < -0.4 is 0 Å². The second kappa shape index (κ2) is 6.37. The van der Waals surface area contributed by atoms with Crippen LogP contribution in [0.1, 0.15) is 32.2 Å². The van der Waals surface area contributed by atoms with Gasteiger partial charge >= 0.3 is 0 Å². The minimum absolute atomic E-state index is 0.532. The maximum atomic E-state index is 9.90. The van der Waals surface area contributed by atoms with Crippen LogP contribution in [0.2, 0.25) is 0 Å². The second-order valence-electron chi connectivity index (χ2n) is 6.00. The topological polar surface area (TPSA) is 62.4 Å². The van der Waals surface area contributed by atoms with E-state index in [2.05, 4.69) is 15.0 Å². The monoisotopic (exact) mass is 289 g/mol. The Hall–Kier alpha value is -1.72. The van der Waals surface area contributed by atoms with E-state index in [1.807, 2.05) is 38.1 Å². The number of hydrogen-bond donors (Lipinski definition) is 1. The van der Waals surface area contributed by atoms with Gasteiger partial charge in [-0.3, -0.25) is 4.90 Å². The van der Waals surface area contributed by atoms with Crippen molar-refractivity contribution in [2.45, 2.75) is 39.8 Å². The molecule has 2 aromatic rings. The van der Waals surface area contributed by atoms with E-state index in [9.17, 15) is 5.11 Å². The smallest absolute Gasteiger partial charge is 0.257 e. The fourth-order valence-electron chi connectivity index (χ4n) is 2.16. The molecular formula is C16H23N3O2. The van der Waals surface area contributed by atoms with Gasteiger partial charge in [0.25, 0.3) is 5.89 Å². The minimum atomic E-state index is -0.737. The Balaban J connectivity index is 2.07. The molecule has 0 unspecified atom stereocenters. The van der Waals surface area contributed by atoms with Gasteiger partial charge in [-0.15, -0.1) is 0 Å². The summed E-state index contributed by atoms with van der Waals surface area (Å²) in [4.78, 5) is 6.51. The third-order valence-electron chi connectivity index (χ3n) is 3.19. The van der Waals surface area contributed by atoms with Crippen LogP contribution in [-0.4, -0.2) is 38.8 Å². The Labute approximate surface area is 125 Å². The first-order valence-corrected chi connectivity index (χ1v) is 7.22. The molecule has 0 aliphatic carbocycles. The minimum Gasteiger partial charge on any atom is -0.389 e. The van der Waals surface area contributed by atoms with Crippen molar-refractivity contribution in [2.24, 2.45) is 0 Å². The van der Waals surface area contributed by atoms with E-state index in [1.54, 1.807) is 13.8 Å². The summed E-state index contributed by atoms with van der Waals surface area (Å²) in [6.07, 6.45) is 0.